The number of aryl methyl sites for hydroxylation is 3. The molecule has 0 spiro atoms. The molecule has 3 rings (SSSR count). The minimum absolute atomic E-state index is 0.0276. The molecule has 0 atom stereocenters. The number of amides is 2. The summed E-state index contributed by atoms with van der Waals surface area (Å²) in [6, 6.07) is 19.1. The van der Waals surface area contributed by atoms with Crippen molar-refractivity contribution < 1.29 is 14.5 Å². The van der Waals surface area contributed by atoms with E-state index in [1.165, 1.54) is 12.1 Å². The van der Waals surface area contributed by atoms with Gasteiger partial charge in [0.1, 0.15) is 5.70 Å². The van der Waals surface area contributed by atoms with E-state index < -0.39 is 16.7 Å². The summed E-state index contributed by atoms with van der Waals surface area (Å²) in [5.41, 5.74) is 4.22. The van der Waals surface area contributed by atoms with Crippen molar-refractivity contribution in [2.24, 2.45) is 0 Å². The zero-order valence-electron chi connectivity index (χ0n) is 20.1. The minimum Gasteiger partial charge on any atom is -0.320 e. The van der Waals surface area contributed by atoms with Crippen LogP contribution in [0.1, 0.15) is 52.4 Å². The van der Waals surface area contributed by atoms with E-state index in [4.69, 9.17) is 0 Å². The van der Waals surface area contributed by atoms with Gasteiger partial charge in [-0.1, -0.05) is 61.4 Å². The molecule has 0 aliphatic heterocycles. The van der Waals surface area contributed by atoms with Crippen LogP contribution in [-0.2, 0) is 11.2 Å². The van der Waals surface area contributed by atoms with Gasteiger partial charge >= 0.3 is 0 Å². The topological polar surface area (TPSA) is 101 Å². The van der Waals surface area contributed by atoms with E-state index in [9.17, 15) is 19.7 Å². The van der Waals surface area contributed by atoms with E-state index >= 15 is 0 Å². The third kappa shape index (κ3) is 7.11. The molecule has 0 radical (unpaired) electrons. The molecule has 7 nitrogen and oxygen atoms in total. The van der Waals surface area contributed by atoms with E-state index in [2.05, 4.69) is 17.6 Å². The fraction of sp³-hybridized carbons (Fsp3) is 0.214. The van der Waals surface area contributed by atoms with Crippen molar-refractivity contribution in [1.82, 2.24) is 5.32 Å². The lowest BCUT2D eigenvalue weighted by atomic mass is 10.1. The zero-order chi connectivity index (χ0) is 25.4. The van der Waals surface area contributed by atoms with Crippen LogP contribution in [0, 0.1) is 24.0 Å². The molecule has 0 saturated carbocycles. The van der Waals surface area contributed by atoms with Crippen LogP contribution in [-0.4, -0.2) is 16.7 Å². The summed E-state index contributed by atoms with van der Waals surface area (Å²) in [7, 11) is 0. The lowest BCUT2D eigenvalue weighted by Gasteiger charge is -2.13. The predicted octanol–water partition coefficient (Wildman–Crippen LogP) is 5.96. The van der Waals surface area contributed by atoms with E-state index in [0.29, 0.717) is 16.8 Å². The van der Waals surface area contributed by atoms with Crippen molar-refractivity contribution in [3.05, 3.63) is 110 Å². The third-order valence-corrected chi connectivity index (χ3v) is 5.60. The van der Waals surface area contributed by atoms with Crippen LogP contribution >= 0.6 is 0 Å². The predicted molar refractivity (Wildman–Crippen MR) is 138 cm³/mol. The number of hydrogen-bond donors (Lipinski definition) is 2. The summed E-state index contributed by atoms with van der Waals surface area (Å²) in [5.74, 6) is -1.00. The maximum Gasteiger partial charge on any atom is 0.272 e. The van der Waals surface area contributed by atoms with Gasteiger partial charge in [-0.05, 0) is 61.6 Å². The monoisotopic (exact) mass is 471 g/mol. The Kier molecular flexibility index (Phi) is 8.51. The van der Waals surface area contributed by atoms with Gasteiger partial charge in [0.2, 0.25) is 0 Å². The second kappa shape index (κ2) is 11.7. The van der Waals surface area contributed by atoms with Crippen LogP contribution < -0.4 is 10.6 Å². The summed E-state index contributed by atoms with van der Waals surface area (Å²) in [6.07, 6.45) is 4.69. The molecule has 0 saturated heterocycles. The molecule has 2 amide bonds. The second-order valence-corrected chi connectivity index (χ2v) is 8.43. The van der Waals surface area contributed by atoms with Gasteiger partial charge in [0.05, 0.1) is 10.6 Å². The van der Waals surface area contributed by atoms with Crippen molar-refractivity contribution in [3.63, 3.8) is 0 Å². The summed E-state index contributed by atoms with van der Waals surface area (Å²) in [4.78, 5) is 36.8. The number of benzene rings is 3. The number of nitro groups is 1. The number of unbranched alkanes of at least 4 members (excludes halogenated alkanes) is 1. The van der Waals surface area contributed by atoms with E-state index in [1.807, 2.05) is 43.3 Å². The molecule has 35 heavy (non-hydrogen) atoms. The molecule has 0 heterocycles. The molecule has 0 aliphatic carbocycles. The van der Waals surface area contributed by atoms with Crippen molar-refractivity contribution in [3.8, 4) is 0 Å². The summed E-state index contributed by atoms with van der Waals surface area (Å²) in [6.45, 7) is 5.82. The fourth-order valence-corrected chi connectivity index (χ4v) is 3.43. The first-order chi connectivity index (χ1) is 16.8. The highest BCUT2D eigenvalue weighted by atomic mass is 16.6. The van der Waals surface area contributed by atoms with Gasteiger partial charge in [-0.3, -0.25) is 19.7 Å². The number of nitrogens with zero attached hydrogens (tertiary/aromatic N) is 1. The fourth-order valence-electron chi connectivity index (χ4n) is 3.43. The normalized spacial score (nSPS) is 11.1. The summed E-state index contributed by atoms with van der Waals surface area (Å²) in [5, 5.41) is 16.6. The van der Waals surface area contributed by atoms with Crippen LogP contribution in [0.4, 0.5) is 11.4 Å². The Morgan fingerprint density at radius 1 is 0.971 bits per heavy atom. The highest BCUT2D eigenvalue weighted by Crippen LogP contribution is 2.22. The molecule has 180 valence electrons. The standard InChI is InChI=1S/C28H29N3O4/c1-4-5-6-21-12-14-23(15-13-21)27(32)30-26(17-22-10-7-19(2)8-11-22)28(33)29-25-18-24(31(34)35)16-9-20(25)3/h7-18H,4-6H2,1-3H3,(H,29,33)(H,30,32)/b26-17-. The van der Waals surface area contributed by atoms with Crippen molar-refractivity contribution in [2.45, 2.75) is 40.0 Å². The van der Waals surface area contributed by atoms with Gasteiger partial charge < -0.3 is 10.6 Å². The lowest BCUT2D eigenvalue weighted by molar-refractivity contribution is -0.384. The van der Waals surface area contributed by atoms with Gasteiger partial charge in [-0.25, -0.2) is 0 Å². The number of carbonyl (C=O) groups excluding carboxylic acids is 2. The number of carbonyl (C=O) groups is 2. The number of non-ortho nitro benzene ring substituents is 1. The van der Waals surface area contributed by atoms with Crippen molar-refractivity contribution in [1.29, 1.82) is 0 Å². The smallest absolute Gasteiger partial charge is 0.272 e. The Hall–Kier alpha value is -4.26. The van der Waals surface area contributed by atoms with Gasteiger partial charge in [0.15, 0.2) is 0 Å². The summed E-state index contributed by atoms with van der Waals surface area (Å²) < 4.78 is 0. The SMILES string of the molecule is CCCCc1ccc(C(=O)N/C(=C\c2ccc(C)cc2)C(=O)Nc2cc([N+](=O)[O-])ccc2C)cc1. The van der Waals surface area contributed by atoms with Crippen LogP contribution in [0.25, 0.3) is 6.08 Å². The molecule has 0 bridgehead atoms. The van der Waals surface area contributed by atoms with Crippen molar-refractivity contribution >= 4 is 29.3 Å². The lowest BCUT2D eigenvalue weighted by Crippen LogP contribution is -2.31. The maximum atomic E-state index is 13.2. The first-order valence-corrected chi connectivity index (χ1v) is 11.5. The number of nitrogens with one attached hydrogen (secondary N) is 2. The van der Waals surface area contributed by atoms with Crippen LogP contribution in [0.5, 0.6) is 0 Å². The number of hydrogen-bond acceptors (Lipinski definition) is 4. The van der Waals surface area contributed by atoms with Gasteiger partial charge in [-0.15, -0.1) is 0 Å². The number of anilines is 1. The Bertz CT molecular complexity index is 1250. The molecule has 3 aromatic rings. The summed E-state index contributed by atoms with van der Waals surface area (Å²) >= 11 is 0. The minimum atomic E-state index is -0.581. The number of rotatable bonds is 9. The molecule has 3 aromatic carbocycles. The molecule has 2 N–H and O–H groups in total. The molecule has 0 aliphatic rings. The Morgan fingerprint density at radius 2 is 1.66 bits per heavy atom. The largest absolute Gasteiger partial charge is 0.320 e. The zero-order valence-corrected chi connectivity index (χ0v) is 20.1. The second-order valence-electron chi connectivity index (χ2n) is 8.43. The first kappa shape index (κ1) is 25.4. The molecule has 0 aromatic heterocycles. The Labute approximate surface area is 205 Å². The van der Waals surface area contributed by atoms with E-state index in [0.717, 1.165) is 36.0 Å². The Morgan fingerprint density at radius 3 is 2.29 bits per heavy atom. The van der Waals surface area contributed by atoms with Crippen LogP contribution in [0.2, 0.25) is 0 Å². The van der Waals surface area contributed by atoms with E-state index in [-0.39, 0.29) is 11.4 Å². The molecular formula is C28H29N3O4. The maximum absolute atomic E-state index is 13.2. The average molecular weight is 472 g/mol. The molecule has 0 unspecified atom stereocenters. The van der Waals surface area contributed by atoms with Crippen molar-refractivity contribution in [2.75, 3.05) is 5.32 Å². The van der Waals surface area contributed by atoms with E-state index in [1.54, 1.807) is 31.2 Å². The average Bonchev–Trinajstić information content (AvgIpc) is 2.85. The number of nitro benzene ring substituents is 1. The van der Waals surface area contributed by atoms with Gasteiger partial charge in [-0.2, -0.15) is 0 Å². The Balaban J connectivity index is 1.87. The quantitative estimate of drug-likeness (QED) is 0.228. The van der Waals surface area contributed by atoms with Gasteiger partial charge in [0, 0.05) is 17.7 Å². The van der Waals surface area contributed by atoms with Crippen LogP contribution in [0.3, 0.4) is 0 Å². The first-order valence-electron chi connectivity index (χ1n) is 11.5. The molecular weight excluding hydrogens is 442 g/mol. The van der Waals surface area contributed by atoms with Crippen LogP contribution in [0.15, 0.2) is 72.4 Å². The molecule has 7 heteroatoms. The highest BCUT2D eigenvalue weighted by molar-refractivity contribution is 6.11. The molecule has 0 fully saturated rings. The van der Waals surface area contributed by atoms with Gasteiger partial charge in [0.25, 0.3) is 17.5 Å². The highest BCUT2D eigenvalue weighted by Gasteiger charge is 2.17. The third-order valence-electron chi connectivity index (χ3n) is 5.60.